The van der Waals surface area contributed by atoms with Crippen LogP contribution in [-0.4, -0.2) is 48.1 Å². The summed E-state index contributed by atoms with van der Waals surface area (Å²) in [6.07, 6.45) is 7.56. The Balaban J connectivity index is 0.000000252. The molecule has 4 aromatic rings. The van der Waals surface area contributed by atoms with Crippen molar-refractivity contribution in [3.8, 4) is 11.3 Å². The number of nitrogens with zero attached hydrogens (tertiary/aromatic N) is 7. The molecule has 3 aromatic heterocycles. The van der Waals surface area contributed by atoms with Gasteiger partial charge in [-0.1, -0.05) is 0 Å². The molecule has 8 nitrogen and oxygen atoms in total. The number of ether oxygens (including phenoxy) is 1. The maximum absolute atomic E-state index is 14.4. The highest BCUT2D eigenvalue weighted by atomic mass is 19.1. The van der Waals surface area contributed by atoms with Gasteiger partial charge in [-0.25, -0.2) is 28.7 Å². The predicted octanol–water partition coefficient (Wildman–Crippen LogP) is 4.49. The second-order valence-electron chi connectivity index (χ2n) is 8.59. The molecule has 0 bridgehead atoms. The third kappa shape index (κ3) is 4.77. The van der Waals surface area contributed by atoms with Crippen molar-refractivity contribution in [3.05, 3.63) is 59.4 Å². The lowest BCUT2D eigenvalue weighted by molar-refractivity contribution is 0.0836. The van der Waals surface area contributed by atoms with Crippen molar-refractivity contribution < 1.29 is 13.5 Å². The Morgan fingerprint density at radius 3 is 2.26 bits per heavy atom. The smallest absolute Gasteiger partial charge is 0.182 e. The van der Waals surface area contributed by atoms with Crippen molar-refractivity contribution in [2.45, 2.75) is 51.5 Å². The van der Waals surface area contributed by atoms with Gasteiger partial charge in [0.25, 0.3) is 0 Å². The van der Waals surface area contributed by atoms with Crippen LogP contribution in [0.25, 0.3) is 22.4 Å². The normalized spacial score (nSPS) is 16.4. The van der Waals surface area contributed by atoms with E-state index in [9.17, 15) is 8.78 Å². The number of halogens is 2. The molecule has 1 aliphatic heterocycles. The minimum Gasteiger partial charge on any atom is -0.381 e. The molecular formula is C24H25F2N7O. The Hall–Kier alpha value is -3.40. The number of hydrogen-bond donors (Lipinski definition) is 0. The van der Waals surface area contributed by atoms with Crippen LogP contribution in [0.15, 0.2) is 30.6 Å². The Morgan fingerprint density at radius 2 is 1.59 bits per heavy atom. The number of rotatable bonds is 3. The topological polar surface area (TPSA) is 91.5 Å². The van der Waals surface area contributed by atoms with Gasteiger partial charge in [0.1, 0.15) is 28.7 Å². The first kappa shape index (κ1) is 22.4. The van der Waals surface area contributed by atoms with E-state index in [0.29, 0.717) is 41.9 Å². The van der Waals surface area contributed by atoms with Crippen molar-refractivity contribution in [1.82, 2.24) is 34.9 Å². The standard InChI is InChI=1S/C19H18F2N4O.C5H7N3/c1-10-11(2)23-19-17(22-10)16(14-4-3-13(20)9-15(14)21)24-18(25-19)12-5-7-26-8-6-12;1-2-5(1)8-6-3-4-7-8/h3-4,9,12H,5-8H2,1-2H3;3-5H,1-2H2. The molecule has 1 aromatic carbocycles. The fourth-order valence-electron chi connectivity index (χ4n) is 3.86. The zero-order valence-electron chi connectivity index (χ0n) is 19.1. The van der Waals surface area contributed by atoms with Gasteiger partial charge in [0.2, 0.25) is 0 Å². The van der Waals surface area contributed by atoms with Crippen LogP contribution in [0.3, 0.4) is 0 Å². The average Bonchev–Trinajstić information content (AvgIpc) is 3.54. The third-order valence-corrected chi connectivity index (χ3v) is 6.04. The second-order valence-corrected chi connectivity index (χ2v) is 8.59. The molecule has 2 fully saturated rings. The molecule has 176 valence electrons. The first-order valence-electron chi connectivity index (χ1n) is 11.4. The van der Waals surface area contributed by atoms with E-state index in [1.807, 2.05) is 13.8 Å². The molecule has 0 amide bonds. The van der Waals surface area contributed by atoms with Crippen LogP contribution in [0.2, 0.25) is 0 Å². The number of aromatic nitrogens is 7. The lowest BCUT2D eigenvalue weighted by Crippen LogP contribution is -2.17. The van der Waals surface area contributed by atoms with Gasteiger partial charge in [-0.2, -0.15) is 15.0 Å². The van der Waals surface area contributed by atoms with Gasteiger partial charge >= 0.3 is 0 Å². The monoisotopic (exact) mass is 465 g/mol. The van der Waals surface area contributed by atoms with Crippen LogP contribution in [-0.2, 0) is 4.74 Å². The number of benzene rings is 1. The minimum atomic E-state index is -0.678. The van der Waals surface area contributed by atoms with Gasteiger partial charge in [-0.15, -0.1) is 0 Å². The maximum Gasteiger partial charge on any atom is 0.182 e. The summed E-state index contributed by atoms with van der Waals surface area (Å²) >= 11 is 0. The number of hydrogen-bond acceptors (Lipinski definition) is 7. The zero-order valence-corrected chi connectivity index (χ0v) is 19.1. The molecule has 1 saturated carbocycles. The van der Waals surface area contributed by atoms with Gasteiger partial charge in [0, 0.05) is 30.8 Å². The Bertz CT molecular complexity index is 1300. The minimum absolute atomic E-state index is 0.124. The third-order valence-electron chi connectivity index (χ3n) is 6.04. The van der Waals surface area contributed by atoms with Gasteiger partial charge < -0.3 is 4.74 Å². The summed E-state index contributed by atoms with van der Waals surface area (Å²) < 4.78 is 33.2. The number of aryl methyl sites for hydroxylation is 2. The second kappa shape index (κ2) is 9.46. The Morgan fingerprint density at radius 1 is 0.882 bits per heavy atom. The first-order chi connectivity index (χ1) is 16.5. The molecule has 0 radical (unpaired) electrons. The molecule has 0 spiro atoms. The van der Waals surface area contributed by atoms with Crippen molar-refractivity contribution >= 4 is 11.2 Å². The van der Waals surface area contributed by atoms with Crippen molar-refractivity contribution in [2.24, 2.45) is 0 Å². The van der Waals surface area contributed by atoms with Crippen LogP contribution in [0, 0.1) is 25.5 Å². The van der Waals surface area contributed by atoms with Crippen LogP contribution in [0.1, 0.15) is 54.9 Å². The Labute approximate surface area is 195 Å². The van der Waals surface area contributed by atoms with E-state index in [2.05, 4.69) is 30.1 Å². The van der Waals surface area contributed by atoms with Crippen LogP contribution in [0.4, 0.5) is 8.78 Å². The van der Waals surface area contributed by atoms with Crippen LogP contribution in [0.5, 0.6) is 0 Å². The lowest BCUT2D eigenvalue weighted by Gasteiger charge is -2.21. The molecule has 10 heteroatoms. The molecule has 2 aliphatic rings. The van der Waals surface area contributed by atoms with E-state index in [0.717, 1.165) is 30.3 Å². The van der Waals surface area contributed by atoms with Crippen molar-refractivity contribution in [2.75, 3.05) is 13.2 Å². The van der Waals surface area contributed by atoms with E-state index >= 15 is 0 Å². The van der Waals surface area contributed by atoms with Crippen LogP contribution >= 0.6 is 0 Å². The first-order valence-corrected chi connectivity index (χ1v) is 11.4. The van der Waals surface area contributed by atoms with E-state index in [4.69, 9.17) is 4.74 Å². The highest BCUT2D eigenvalue weighted by molar-refractivity contribution is 5.87. The summed E-state index contributed by atoms with van der Waals surface area (Å²) in [5, 5.41) is 7.97. The van der Waals surface area contributed by atoms with E-state index in [1.54, 1.807) is 17.2 Å². The average molecular weight is 466 g/mol. The van der Waals surface area contributed by atoms with E-state index in [1.165, 1.54) is 25.0 Å². The summed E-state index contributed by atoms with van der Waals surface area (Å²) in [4.78, 5) is 20.1. The predicted molar refractivity (Wildman–Crippen MR) is 121 cm³/mol. The van der Waals surface area contributed by atoms with E-state index in [-0.39, 0.29) is 11.5 Å². The quantitative estimate of drug-likeness (QED) is 0.440. The fourth-order valence-corrected chi connectivity index (χ4v) is 3.86. The molecule has 0 atom stereocenters. The van der Waals surface area contributed by atoms with Crippen molar-refractivity contribution in [1.29, 1.82) is 0 Å². The van der Waals surface area contributed by atoms with Gasteiger partial charge in [0.15, 0.2) is 5.65 Å². The maximum atomic E-state index is 14.4. The molecule has 1 aliphatic carbocycles. The summed E-state index contributed by atoms with van der Waals surface area (Å²) in [7, 11) is 0. The SMILES string of the molecule is Cc1nc2nc(C3CCOCC3)nc(-c3ccc(F)cc3F)c2nc1C.c1cnn(C2CC2)n1. The summed E-state index contributed by atoms with van der Waals surface area (Å²) in [6, 6.07) is 4.09. The van der Waals surface area contributed by atoms with Crippen molar-refractivity contribution in [3.63, 3.8) is 0 Å². The summed E-state index contributed by atoms with van der Waals surface area (Å²) in [5.74, 6) is -0.578. The molecule has 0 N–H and O–H groups in total. The molecule has 6 rings (SSSR count). The molecule has 34 heavy (non-hydrogen) atoms. The Kier molecular flexibility index (Phi) is 6.23. The fraction of sp³-hybridized carbons (Fsp3) is 0.417. The van der Waals surface area contributed by atoms with Gasteiger partial charge in [-0.3, -0.25) is 0 Å². The summed E-state index contributed by atoms with van der Waals surface area (Å²) in [5.41, 5.74) is 2.90. The van der Waals surface area contributed by atoms with Gasteiger partial charge in [0.05, 0.1) is 29.8 Å². The highest BCUT2D eigenvalue weighted by Crippen LogP contribution is 2.33. The zero-order chi connectivity index (χ0) is 23.7. The number of fused-ring (bicyclic) bond motifs is 1. The summed E-state index contributed by atoms with van der Waals surface area (Å²) in [6.45, 7) is 4.98. The molecule has 0 unspecified atom stereocenters. The lowest BCUT2D eigenvalue weighted by atomic mass is 9.99. The largest absolute Gasteiger partial charge is 0.381 e. The van der Waals surface area contributed by atoms with Gasteiger partial charge in [-0.05, 0) is 51.7 Å². The molecule has 4 heterocycles. The molecule has 1 saturated heterocycles. The molecular weight excluding hydrogens is 440 g/mol. The highest BCUT2D eigenvalue weighted by Gasteiger charge is 2.25. The van der Waals surface area contributed by atoms with E-state index < -0.39 is 11.6 Å². The van der Waals surface area contributed by atoms with Crippen LogP contribution < -0.4 is 0 Å².